The van der Waals surface area contributed by atoms with Crippen LogP contribution in [0.3, 0.4) is 0 Å². The van der Waals surface area contributed by atoms with Gasteiger partial charge in [0.25, 0.3) is 0 Å². The van der Waals surface area contributed by atoms with Crippen LogP contribution in [-0.2, 0) is 0 Å². The van der Waals surface area contributed by atoms with Crippen molar-refractivity contribution < 1.29 is 0 Å². The van der Waals surface area contributed by atoms with Gasteiger partial charge in [-0.25, -0.2) is 0 Å². The van der Waals surface area contributed by atoms with Crippen molar-refractivity contribution in [3.8, 4) is 0 Å². The number of hydrogen-bond acceptors (Lipinski definition) is 2. The van der Waals surface area contributed by atoms with E-state index in [1.807, 2.05) is 0 Å². The number of nitrogens with two attached hydrogens (primary N) is 2. The first-order chi connectivity index (χ1) is 4.22. The van der Waals surface area contributed by atoms with E-state index in [0.717, 1.165) is 19.3 Å². The van der Waals surface area contributed by atoms with Gasteiger partial charge in [-0.05, 0) is 12.8 Å². The predicted octanol–water partition coefficient (Wildman–Crippen LogP) is 0.432. The third-order valence-electron chi connectivity index (χ3n) is 1.93. The quantitative estimate of drug-likeness (QED) is 0.490. The number of hydrogen-bond donors (Lipinski definition) is 2. The van der Waals surface area contributed by atoms with Crippen molar-refractivity contribution in [2.45, 2.75) is 36.7 Å². The summed E-state index contributed by atoms with van der Waals surface area (Å²) in [4.78, 5) is 0. The molecule has 0 amide bonds. The third-order valence-corrected chi connectivity index (χ3v) is 2.44. The highest BCUT2D eigenvalue weighted by Gasteiger charge is 2.25. The fourth-order valence-electron chi connectivity index (χ4n) is 1.20. The molecule has 3 unspecified atom stereocenters. The lowest BCUT2D eigenvalue weighted by atomic mass is 9.91. The first-order valence-corrected chi connectivity index (χ1v) is 3.80. The van der Waals surface area contributed by atoms with E-state index in [-0.39, 0.29) is 17.5 Å². The van der Waals surface area contributed by atoms with Crippen molar-refractivity contribution in [1.29, 1.82) is 0 Å². The largest absolute Gasteiger partial charge is 0.326 e. The molecule has 3 heteroatoms. The molecule has 1 aliphatic carbocycles. The summed E-state index contributed by atoms with van der Waals surface area (Å²) in [5.41, 5.74) is 11.3. The van der Waals surface area contributed by atoms with Gasteiger partial charge < -0.3 is 11.5 Å². The summed E-state index contributed by atoms with van der Waals surface area (Å²) in [6, 6.07) is 0.140. The molecule has 4 N–H and O–H groups in total. The lowest BCUT2D eigenvalue weighted by molar-refractivity contribution is 0.390. The molecular weight excluding hydrogens is 136 g/mol. The molecule has 0 bridgehead atoms. The molecule has 54 valence electrons. The Morgan fingerprint density at radius 3 is 2.33 bits per heavy atom. The van der Waals surface area contributed by atoms with E-state index in [2.05, 4.69) is 0 Å². The van der Waals surface area contributed by atoms with Crippen LogP contribution in [0.4, 0.5) is 0 Å². The highest BCUT2D eigenvalue weighted by molar-refractivity contribution is 6.21. The zero-order chi connectivity index (χ0) is 6.85. The van der Waals surface area contributed by atoms with Gasteiger partial charge >= 0.3 is 0 Å². The van der Waals surface area contributed by atoms with E-state index in [1.165, 1.54) is 0 Å². The summed E-state index contributed by atoms with van der Waals surface area (Å²) in [6.07, 6.45) is 3.18. The molecule has 0 aromatic carbocycles. The van der Waals surface area contributed by atoms with Crippen LogP contribution < -0.4 is 11.5 Å². The Labute approximate surface area is 60.5 Å². The van der Waals surface area contributed by atoms with E-state index in [1.54, 1.807) is 0 Å². The zero-order valence-electron chi connectivity index (χ0n) is 5.39. The maximum atomic E-state index is 5.86. The zero-order valence-corrected chi connectivity index (χ0v) is 6.14. The minimum absolute atomic E-state index is 0.0143. The number of halogens is 1. The molecule has 2 nitrogen and oxygen atoms in total. The molecule has 0 aromatic rings. The SMILES string of the molecule is NC1CCCC(Cl)C1N. The lowest BCUT2D eigenvalue weighted by Crippen LogP contribution is -2.49. The third kappa shape index (κ3) is 1.57. The average molecular weight is 149 g/mol. The van der Waals surface area contributed by atoms with Crippen LogP contribution in [0.1, 0.15) is 19.3 Å². The van der Waals surface area contributed by atoms with Crippen LogP contribution in [0.2, 0.25) is 0 Å². The fourth-order valence-corrected chi connectivity index (χ4v) is 1.54. The van der Waals surface area contributed by atoms with Crippen LogP contribution in [0.25, 0.3) is 0 Å². The van der Waals surface area contributed by atoms with Gasteiger partial charge in [-0.2, -0.15) is 0 Å². The molecule has 0 heterocycles. The van der Waals surface area contributed by atoms with E-state index in [4.69, 9.17) is 23.1 Å². The second-order valence-electron chi connectivity index (χ2n) is 2.69. The van der Waals surface area contributed by atoms with Gasteiger partial charge in [-0.1, -0.05) is 6.42 Å². The summed E-state index contributed by atoms with van der Waals surface area (Å²) < 4.78 is 0. The van der Waals surface area contributed by atoms with E-state index in [0.29, 0.717) is 0 Å². The normalized spacial score (nSPS) is 45.0. The summed E-state index contributed by atoms with van der Waals surface area (Å²) in [5, 5.41) is 0.105. The van der Waals surface area contributed by atoms with Crippen molar-refractivity contribution in [3.63, 3.8) is 0 Å². The van der Waals surface area contributed by atoms with Gasteiger partial charge in [-0.3, -0.25) is 0 Å². The van der Waals surface area contributed by atoms with Gasteiger partial charge in [0.1, 0.15) is 0 Å². The second-order valence-corrected chi connectivity index (χ2v) is 3.25. The molecule has 0 radical (unpaired) electrons. The Morgan fingerprint density at radius 1 is 1.22 bits per heavy atom. The smallest absolute Gasteiger partial charge is 0.0502 e. The molecular formula is C6H13ClN2. The van der Waals surface area contributed by atoms with Crippen molar-refractivity contribution >= 4 is 11.6 Å². The molecule has 0 spiro atoms. The maximum Gasteiger partial charge on any atom is 0.0502 e. The van der Waals surface area contributed by atoms with E-state index in [9.17, 15) is 0 Å². The average Bonchev–Trinajstić information content (AvgIpc) is 1.83. The van der Waals surface area contributed by atoms with Crippen LogP contribution in [0.15, 0.2) is 0 Å². The summed E-state index contributed by atoms with van der Waals surface area (Å²) >= 11 is 5.86. The van der Waals surface area contributed by atoms with Crippen molar-refractivity contribution in [3.05, 3.63) is 0 Å². The Hall–Kier alpha value is 0.210. The van der Waals surface area contributed by atoms with Crippen molar-refractivity contribution in [2.75, 3.05) is 0 Å². The first-order valence-electron chi connectivity index (χ1n) is 3.37. The summed E-state index contributed by atoms with van der Waals surface area (Å²) in [6.45, 7) is 0. The molecule has 0 saturated heterocycles. The minimum Gasteiger partial charge on any atom is -0.326 e. The maximum absolute atomic E-state index is 5.86. The molecule has 0 aliphatic heterocycles. The number of alkyl halides is 1. The molecule has 9 heavy (non-hydrogen) atoms. The Morgan fingerprint density at radius 2 is 1.89 bits per heavy atom. The Kier molecular flexibility index (Phi) is 2.33. The standard InChI is InChI=1S/C6H13ClN2/c7-4-2-1-3-5(8)6(4)9/h4-6H,1-3,8-9H2. The van der Waals surface area contributed by atoms with Crippen molar-refractivity contribution in [1.82, 2.24) is 0 Å². The Balaban J connectivity index is 2.41. The predicted molar refractivity (Wildman–Crippen MR) is 39.4 cm³/mol. The van der Waals surface area contributed by atoms with Gasteiger partial charge in [0.15, 0.2) is 0 Å². The molecule has 1 saturated carbocycles. The van der Waals surface area contributed by atoms with Crippen LogP contribution in [0, 0.1) is 0 Å². The number of rotatable bonds is 0. The topological polar surface area (TPSA) is 52.0 Å². The highest BCUT2D eigenvalue weighted by Crippen LogP contribution is 2.20. The van der Waals surface area contributed by atoms with Crippen LogP contribution in [0.5, 0.6) is 0 Å². The van der Waals surface area contributed by atoms with Gasteiger partial charge in [0, 0.05) is 12.1 Å². The summed E-state index contributed by atoms with van der Waals surface area (Å²) in [7, 11) is 0. The molecule has 1 aliphatic rings. The lowest BCUT2D eigenvalue weighted by Gasteiger charge is -2.29. The monoisotopic (exact) mass is 148 g/mol. The first kappa shape index (κ1) is 7.32. The van der Waals surface area contributed by atoms with Crippen molar-refractivity contribution in [2.24, 2.45) is 11.5 Å². The Bertz CT molecular complexity index is 87.1. The van der Waals surface area contributed by atoms with E-state index < -0.39 is 0 Å². The van der Waals surface area contributed by atoms with Gasteiger partial charge in [0.05, 0.1) is 5.38 Å². The van der Waals surface area contributed by atoms with Crippen LogP contribution in [-0.4, -0.2) is 17.5 Å². The molecule has 3 atom stereocenters. The molecule has 1 fully saturated rings. The minimum atomic E-state index is 0.0143. The van der Waals surface area contributed by atoms with Gasteiger partial charge in [-0.15, -0.1) is 11.6 Å². The molecule has 0 aromatic heterocycles. The fraction of sp³-hybridized carbons (Fsp3) is 1.00. The summed E-state index contributed by atoms with van der Waals surface area (Å²) in [5.74, 6) is 0. The van der Waals surface area contributed by atoms with Crippen LogP contribution >= 0.6 is 11.6 Å². The highest BCUT2D eigenvalue weighted by atomic mass is 35.5. The second kappa shape index (κ2) is 2.86. The molecule has 1 rings (SSSR count). The van der Waals surface area contributed by atoms with Gasteiger partial charge in [0.2, 0.25) is 0 Å². The van der Waals surface area contributed by atoms with E-state index >= 15 is 0 Å².